The van der Waals surface area contributed by atoms with Crippen molar-refractivity contribution in [2.45, 2.75) is 6.92 Å². The fourth-order valence-corrected chi connectivity index (χ4v) is 1.33. The molecule has 0 aliphatic carbocycles. The first-order valence-electron chi connectivity index (χ1n) is 4.24. The van der Waals surface area contributed by atoms with Gasteiger partial charge in [0.2, 0.25) is 0 Å². The minimum absolute atomic E-state index is 0.489. The molecule has 0 unspecified atom stereocenters. The predicted octanol–water partition coefficient (Wildman–Crippen LogP) is 2.51. The molecule has 0 saturated carbocycles. The molecule has 0 saturated heterocycles. The molecule has 0 radical (unpaired) electrons. The lowest BCUT2D eigenvalue weighted by Gasteiger charge is -2.00. The van der Waals surface area contributed by atoms with E-state index in [0.717, 1.165) is 17.0 Å². The molecule has 3 nitrogen and oxygen atoms in total. The van der Waals surface area contributed by atoms with E-state index in [4.69, 9.17) is 12.2 Å². The molecule has 2 rings (SSSR count). The van der Waals surface area contributed by atoms with Gasteiger partial charge < -0.3 is 4.98 Å². The van der Waals surface area contributed by atoms with E-state index in [2.05, 4.69) is 15.0 Å². The summed E-state index contributed by atoms with van der Waals surface area (Å²) in [7, 11) is 0. The average Bonchev–Trinajstić information content (AvgIpc) is 2.19. The molecule has 0 amide bonds. The normalized spacial score (nSPS) is 10.1. The Morgan fingerprint density at radius 1 is 1.21 bits per heavy atom. The molecular weight excluding hydrogens is 194 g/mol. The van der Waals surface area contributed by atoms with Gasteiger partial charge in [-0.1, -0.05) is 0 Å². The van der Waals surface area contributed by atoms with Crippen LogP contribution in [0.15, 0.2) is 30.6 Å². The smallest absolute Gasteiger partial charge is 0.197 e. The van der Waals surface area contributed by atoms with Gasteiger partial charge in [0, 0.05) is 23.7 Å². The maximum Gasteiger partial charge on any atom is 0.197 e. The van der Waals surface area contributed by atoms with Gasteiger partial charge in [-0.2, -0.15) is 0 Å². The summed E-state index contributed by atoms with van der Waals surface area (Å²) >= 11 is 4.94. The molecule has 0 bridgehead atoms. The lowest BCUT2D eigenvalue weighted by atomic mass is 10.2. The molecule has 0 aromatic carbocycles. The molecule has 0 spiro atoms. The third-order valence-electron chi connectivity index (χ3n) is 1.90. The van der Waals surface area contributed by atoms with Crippen LogP contribution in [0.25, 0.3) is 11.3 Å². The van der Waals surface area contributed by atoms with E-state index < -0.39 is 0 Å². The van der Waals surface area contributed by atoms with Gasteiger partial charge in [0.15, 0.2) is 4.77 Å². The highest BCUT2D eigenvalue weighted by Crippen LogP contribution is 2.14. The number of rotatable bonds is 1. The maximum atomic E-state index is 4.94. The third-order valence-corrected chi connectivity index (χ3v) is 2.10. The Labute approximate surface area is 86.9 Å². The maximum absolute atomic E-state index is 4.94. The number of hydrogen-bond donors (Lipinski definition) is 1. The number of H-pyrrole nitrogens is 1. The molecule has 0 aliphatic heterocycles. The highest BCUT2D eigenvalue weighted by molar-refractivity contribution is 7.71. The van der Waals surface area contributed by atoms with Crippen LogP contribution in [0.5, 0.6) is 0 Å². The summed E-state index contributed by atoms with van der Waals surface area (Å²) in [6, 6.07) is 5.84. The van der Waals surface area contributed by atoms with Crippen molar-refractivity contribution in [1.82, 2.24) is 15.0 Å². The van der Waals surface area contributed by atoms with E-state index in [9.17, 15) is 0 Å². The van der Waals surface area contributed by atoms with Gasteiger partial charge >= 0.3 is 0 Å². The van der Waals surface area contributed by atoms with Crippen molar-refractivity contribution >= 4 is 12.2 Å². The first kappa shape index (κ1) is 9.02. The molecule has 2 aromatic heterocycles. The summed E-state index contributed by atoms with van der Waals surface area (Å²) in [6.07, 6.45) is 3.50. The number of nitrogens with zero attached hydrogens (tertiary/aromatic N) is 2. The Morgan fingerprint density at radius 2 is 2.07 bits per heavy atom. The fraction of sp³-hybridized carbons (Fsp3) is 0.100. The molecule has 1 N–H and O–H groups in total. The molecule has 4 heteroatoms. The van der Waals surface area contributed by atoms with Gasteiger partial charge in [-0.25, -0.2) is 4.98 Å². The Balaban J connectivity index is 2.50. The number of aromatic amines is 1. The van der Waals surface area contributed by atoms with Crippen LogP contribution < -0.4 is 0 Å². The lowest BCUT2D eigenvalue weighted by Crippen LogP contribution is -1.87. The molecule has 2 heterocycles. The van der Waals surface area contributed by atoms with E-state index in [1.165, 1.54) is 0 Å². The Bertz CT molecular complexity index is 487. The first-order chi connectivity index (χ1) is 6.75. The van der Waals surface area contributed by atoms with Crippen molar-refractivity contribution in [2.24, 2.45) is 0 Å². The van der Waals surface area contributed by atoms with Crippen LogP contribution in [0, 0.1) is 11.7 Å². The molecule has 14 heavy (non-hydrogen) atoms. The van der Waals surface area contributed by atoms with E-state index in [1.54, 1.807) is 6.20 Å². The number of aromatic nitrogens is 3. The monoisotopic (exact) mass is 203 g/mol. The van der Waals surface area contributed by atoms with Crippen LogP contribution >= 0.6 is 12.2 Å². The Hall–Kier alpha value is -1.55. The van der Waals surface area contributed by atoms with E-state index in [1.807, 2.05) is 31.3 Å². The van der Waals surface area contributed by atoms with Crippen molar-refractivity contribution in [1.29, 1.82) is 0 Å². The van der Waals surface area contributed by atoms with Gasteiger partial charge in [-0.05, 0) is 37.3 Å². The van der Waals surface area contributed by atoms with Gasteiger partial charge in [-0.15, -0.1) is 0 Å². The standard InChI is InChI=1S/C10H9N3S/c1-7-2-3-8(6-12-7)9-4-5-11-10(14)13-9/h2-6H,1H3,(H,11,13,14). The number of aryl methyl sites for hydroxylation is 1. The average molecular weight is 203 g/mol. The zero-order valence-corrected chi connectivity index (χ0v) is 8.51. The van der Waals surface area contributed by atoms with Crippen LogP contribution in [0.3, 0.4) is 0 Å². The van der Waals surface area contributed by atoms with Crippen molar-refractivity contribution in [3.8, 4) is 11.3 Å². The molecule has 0 aliphatic rings. The number of pyridine rings is 1. The predicted molar refractivity (Wildman–Crippen MR) is 57.4 cm³/mol. The highest BCUT2D eigenvalue weighted by Gasteiger charge is 1.96. The molecular formula is C10H9N3S. The molecule has 2 aromatic rings. The lowest BCUT2D eigenvalue weighted by molar-refractivity contribution is 1.13. The fourth-order valence-electron chi connectivity index (χ4n) is 1.16. The molecule has 0 atom stereocenters. The summed E-state index contributed by atoms with van der Waals surface area (Å²) in [5, 5.41) is 0. The minimum atomic E-state index is 0.489. The first-order valence-corrected chi connectivity index (χ1v) is 4.65. The van der Waals surface area contributed by atoms with Crippen LogP contribution in [0.4, 0.5) is 0 Å². The second-order valence-electron chi connectivity index (χ2n) is 2.98. The zero-order chi connectivity index (χ0) is 9.97. The SMILES string of the molecule is Cc1ccc(-c2ccnc(=S)[nH]2)cn1. The Morgan fingerprint density at radius 3 is 2.71 bits per heavy atom. The van der Waals surface area contributed by atoms with Crippen LogP contribution in [-0.2, 0) is 0 Å². The van der Waals surface area contributed by atoms with Crippen LogP contribution in [-0.4, -0.2) is 15.0 Å². The largest absolute Gasteiger partial charge is 0.330 e. The second-order valence-corrected chi connectivity index (χ2v) is 3.36. The van der Waals surface area contributed by atoms with Crippen molar-refractivity contribution in [3.05, 3.63) is 41.1 Å². The summed E-state index contributed by atoms with van der Waals surface area (Å²) in [5.74, 6) is 0. The topological polar surface area (TPSA) is 41.6 Å². The molecule has 0 fully saturated rings. The van der Waals surface area contributed by atoms with Gasteiger partial charge in [0.1, 0.15) is 0 Å². The van der Waals surface area contributed by atoms with Crippen molar-refractivity contribution in [3.63, 3.8) is 0 Å². The van der Waals surface area contributed by atoms with Gasteiger partial charge in [0.25, 0.3) is 0 Å². The van der Waals surface area contributed by atoms with Crippen LogP contribution in [0.2, 0.25) is 0 Å². The summed E-state index contributed by atoms with van der Waals surface area (Å²) in [5.41, 5.74) is 2.96. The van der Waals surface area contributed by atoms with E-state index in [0.29, 0.717) is 4.77 Å². The zero-order valence-electron chi connectivity index (χ0n) is 7.69. The summed E-state index contributed by atoms with van der Waals surface area (Å²) in [6.45, 7) is 1.96. The van der Waals surface area contributed by atoms with Gasteiger partial charge in [0.05, 0.1) is 5.69 Å². The Kier molecular flexibility index (Phi) is 2.37. The molecule has 70 valence electrons. The van der Waals surface area contributed by atoms with Crippen LogP contribution in [0.1, 0.15) is 5.69 Å². The van der Waals surface area contributed by atoms with E-state index >= 15 is 0 Å². The highest BCUT2D eigenvalue weighted by atomic mass is 32.1. The van der Waals surface area contributed by atoms with E-state index in [-0.39, 0.29) is 0 Å². The van der Waals surface area contributed by atoms with Crippen molar-refractivity contribution in [2.75, 3.05) is 0 Å². The number of nitrogens with one attached hydrogen (secondary N) is 1. The second kappa shape index (κ2) is 3.67. The van der Waals surface area contributed by atoms with Crippen molar-refractivity contribution < 1.29 is 0 Å². The number of hydrogen-bond acceptors (Lipinski definition) is 3. The third kappa shape index (κ3) is 1.85. The van der Waals surface area contributed by atoms with Gasteiger partial charge in [-0.3, -0.25) is 4.98 Å². The summed E-state index contributed by atoms with van der Waals surface area (Å²) < 4.78 is 0.489. The quantitative estimate of drug-likeness (QED) is 0.724. The minimum Gasteiger partial charge on any atom is -0.330 e. The summed E-state index contributed by atoms with van der Waals surface area (Å²) in [4.78, 5) is 11.1.